The summed E-state index contributed by atoms with van der Waals surface area (Å²) in [6.07, 6.45) is 6.84. The molecule has 2 aliphatic rings. The van der Waals surface area contributed by atoms with E-state index < -0.39 is 15.2 Å². The van der Waals surface area contributed by atoms with E-state index in [1.807, 2.05) is 26.8 Å². The highest BCUT2D eigenvalue weighted by Crippen LogP contribution is 2.33. The van der Waals surface area contributed by atoms with Crippen molar-refractivity contribution in [2.75, 3.05) is 31.2 Å². The Kier molecular flexibility index (Phi) is 8.45. The molecule has 2 unspecified atom stereocenters. The lowest BCUT2D eigenvalue weighted by Crippen LogP contribution is -2.54. The number of benzene rings is 1. The Morgan fingerprint density at radius 2 is 1.88 bits per heavy atom. The van der Waals surface area contributed by atoms with E-state index in [1.54, 1.807) is 0 Å². The first kappa shape index (κ1) is 26.0. The van der Waals surface area contributed by atoms with Crippen LogP contribution in [0, 0.1) is 5.92 Å². The van der Waals surface area contributed by atoms with E-state index >= 15 is 0 Å². The smallest absolute Gasteiger partial charge is 0.319 e. The molecule has 0 aromatic heterocycles. The molecule has 1 aliphatic carbocycles. The van der Waals surface area contributed by atoms with Gasteiger partial charge in [0.25, 0.3) is 0 Å². The van der Waals surface area contributed by atoms with Gasteiger partial charge in [-0.05, 0) is 108 Å². The second-order valence-electron chi connectivity index (χ2n) is 10.8. The monoisotopic (exact) mass is 478 g/mol. The molecule has 0 spiro atoms. The topological polar surface area (TPSA) is 90.5 Å². The molecular weight excluding hydrogens is 436 g/mol. The van der Waals surface area contributed by atoms with Crippen molar-refractivity contribution < 1.29 is 13.2 Å². The van der Waals surface area contributed by atoms with Crippen molar-refractivity contribution in [1.29, 1.82) is 0 Å². The third kappa shape index (κ3) is 7.17. The first-order chi connectivity index (χ1) is 15.5. The maximum Gasteiger partial charge on any atom is 0.319 e. The number of aryl methyl sites for hydroxylation is 1. The summed E-state index contributed by atoms with van der Waals surface area (Å²) < 4.78 is 26.0. The van der Waals surface area contributed by atoms with Crippen LogP contribution in [0.2, 0.25) is 0 Å². The van der Waals surface area contributed by atoms with Gasteiger partial charge >= 0.3 is 6.03 Å². The predicted octanol–water partition coefficient (Wildman–Crippen LogP) is 3.55. The molecule has 3 rings (SSSR count). The first-order valence-corrected chi connectivity index (χ1v) is 14.3. The maximum absolute atomic E-state index is 13.0. The molecule has 186 valence electrons. The second-order valence-corrected chi connectivity index (χ2v) is 12.9. The molecule has 8 heteroatoms. The fourth-order valence-corrected chi connectivity index (χ4v) is 7.11. The van der Waals surface area contributed by atoms with Crippen LogP contribution in [0.15, 0.2) is 18.2 Å². The average Bonchev–Trinajstić information content (AvgIpc) is 2.71. The Bertz CT molecular complexity index is 920. The van der Waals surface area contributed by atoms with Crippen molar-refractivity contribution in [2.24, 2.45) is 5.92 Å². The normalized spacial score (nSPS) is 20.8. The summed E-state index contributed by atoms with van der Waals surface area (Å²) in [5, 5.41) is 8.82. The van der Waals surface area contributed by atoms with E-state index in [-0.39, 0.29) is 23.5 Å². The van der Waals surface area contributed by atoms with Gasteiger partial charge in [-0.15, -0.1) is 0 Å². The lowest BCUT2D eigenvalue weighted by molar-refractivity contribution is 0.114. The van der Waals surface area contributed by atoms with Crippen LogP contribution < -0.4 is 16.0 Å². The van der Waals surface area contributed by atoms with Crippen LogP contribution in [0.1, 0.15) is 64.5 Å². The fraction of sp³-hybridized carbons (Fsp3) is 0.720. The van der Waals surface area contributed by atoms with Gasteiger partial charge < -0.3 is 16.0 Å². The van der Waals surface area contributed by atoms with Crippen LogP contribution in [-0.2, 0) is 22.7 Å². The number of nitrogens with zero attached hydrogens (tertiary/aromatic N) is 1. The molecular formula is C25H42N4O3S. The zero-order chi connectivity index (χ0) is 24.2. The molecule has 3 N–H and O–H groups in total. The van der Waals surface area contributed by atoms with Crippen molar-refractivity contribution in [3.63, 3.8) is 0 Å². The van der Waals surface area contributed by atoms with Crippen LogP contribution in [0.4, 0.5) is 10.5 Å². The van der Waals surface area contributed by atoms with Crippen LogP contribution >= 0.6 is 0 Å². The average molecular weight is 479 g/mol. The van der Waals surface area contributed by atoms with Crippen molar-refractivity contribution in [3.05, 3.63) is 29.3 Å². The van der Waals surface area contributed by atoms with Gasteiger partial charge in [-0.25, -0.2) is 13.2 Å². The molecule has 1 fully saturated rings. The van der Waals surface area contributed by atoms with Gasteiger partial charge in [0.15, 0.2) is 9.84 Å². The van der Waals surface area contributed by atoms with Crippen LogP contribution in [0.3, 0.4) is 0 Å². The van der Waals surface area contributed by atoms with Crippen LogP contribution in [0.25, 0.3) is 0 Å². The molecule has 1 saturated heterocycles. The minimum Gasteiger partial charge on any atom is -0.333 e. The van der Waals surface area contributed by atoms with Crippen molar-refractivity contribution in [2.45, 2.75) is 83.2 Å². The van der Waals surface area contributed by atoms with Gasteiger partial charge in [0.05, 0.1) is 0 Å². The van der Waals surface area contributed by atoms with Gasteiger partial charge in [0, 0.05) is 23.5 Å². The number of amides is 2. The van der Waals surface area contributed by atoms with Crippen molar-refractivity contribution in [3.8, 4) is 0 Å². The summed E-state index contributed by atoms with van der Waals surface area (Å²) in [4.78, 5) is 14.6. The fourth-order valence-electron chi connectivity index (χ4n) is 5.37. The van der Waals surface area contributed by atoms with Crippen molar-refractivity contribution in [1.82, 2.24) is 15.5 Å². The Balaban J connectivity index is 1.81. The second kappa shape index (κ2) is 10.7. The number of hydrogen-bond donors (Lipinski definition) is 3. The summed E-state index contributed by atoms with van der Waals surface area (Å²) in [5.41, 5.74) is 2.97. The molecule has 1 aromatic rings. The third-order valence-electron chi connectivity index (χ3n) is 6.66. The van der Waals surface area contributed by atoms with Gasteiger partial charge in [-0.1, -0.05) is 13.0 Å². The number of carbonyl (C=O) groups excluding carboxylic acids is 1. The highest BCUT2D eigenvalue weighted by Gasteiger charge is 2.39. The highest BCUT2D eigenvalue weighted by atomic mass is 32.2. The number of hydrogen-bond acceptors (Lipinski definition) is 5. The standard InChI is InChI=1S/C25H42N4O3S/c1-6-15-29(23(33(5,31)32)19-11-13-26-14-12-19)22-10-8-18-7-9-21(16-20(18)17-22)27-24(30)28-25(2,3)4/h7,9,16,19,22-23,26H,6,8,10-15,17H2,1-5H3,(H2,27,28,30). The summed E-state index contributed by atoms with van der Waals surface area (Å²) in [5.74, 6) is 0.170. The summed E-state index contributed by atoms with van der Waals surface area (Å²) in [7, 11) is -3.22. The molecule has 1 aliphatic heterocycles. The number of anilines is 1. The lowest BCUT2D eigenvalue weighted by Gasteiger charge is -2.43. The number of rotatable bonds is 7. The van der Waals surface area contributed by atoms with E-state index in [4.69, 9.17) is 0 Å². The Hall–Kier alpha value is -1.64. The number of sulfone groups is 1. The number of fused-ring (bicyclic) bond motifs is 1. The third-order valence-corrected chi connectivity index (χ3v) is 8.19. The SMILES string of the molecule is CCCN(C1CCc2ccc(NC(=O)NC(C)(C)C)cc2C1)C(C1CCNCC1)S(C)(=O)=O. The summed E-state index contributed by atoms with van der Waals surface area (Å²) in [6, 6.07) is 6.09. The Morgan fingerprint density at radius 3 is 2.48 bits per heavy atom. The van der Waals surface area contributed by atoms with Gasteiger partial charge in [-0.2, -0.15) is 0 Å². The zero-order valence-corrected chi connectivity index (χ0v) is 21.7. The number of piperidine rings is 1. The zero-order valence-electron chi connectivity index (χ0n) is 20.9. The van der Waals surface area contributed by atoms with E-state index in [9.17, 15) is 13.2 Å². The molecule has 0 saturated carbocycles. The largest absolute Gasteiger partial charge is 0.333 e. The number of nitrogens with one attached hydrogen (secondary N) is 3. The van der Waals surface area contributed by atoms with Crippen LogP contribution in [0.5, 0.6) is 0 Å². The van der Waals surface area contributed by atoms with Gasteiger partial charge in [0.2, 0.25) is 0 Å². The minimum absolute atomic E-state index is 0.170. The molecule has 2 amide bonds. The van der Waals surface area contributed by atoms with Crippen molar-refractivity contribution >= 4 is 21.6 Å². The highest BCUT2D eigenvalue weighted by molar-refractivity contribution is 7.91. The van der Waals surface area contributed by atoms with E-state index in [2.05, 4.69) is 39.9 Å². The molecule has 1 aromatic carbocycles. The van der Waals surface area contributed by atoms with E-state index in [1.165, 1.54) is 17.4 Å². The van der Waals surface area contributed by atoms with E-state index in [0.717, 1.165) is 63.8 Å². The van der Waals surface area contributed by atoms with Gasteiger partial charge in [-0.3, -0.25) is 4.90 Å². The number of urea groups is 1. The summed E-state index contributed by atoms with van der Waals surface area (Å²) in [6.45, 7) is 10.5. The molecule has 33 heavy (non-hydrogen) atoms. The molecule has 7 nitrogen and oxygen atoms in total. The maximum atomic E-state index is 13.0. The molecule has 1 heterocycles. The predicted molar refractivity (Wildman–Crippen MR) is 135 cm³/mol. The van der Waals surface area contributed by atoms with Gasteiger partial charge in [0.1, 0.15) is 5.37 Å². The number of carbonyl (C=O) groups is 1. The van der Waals surface area contributed by atoms with E-state index in [0.29, 0.717) is 0 Å². The summed E-state index contributed by atoms with van der Waals surface area (Å²) >= 11 is 0. The molecule has 0 radical (unpaired) electrons. The first-order valence-electron chi connectivity index (χ1n) is 12.3. The Labute approximate surface area is 200 Å². The van der Waals surface area contributed by atoms with Crippen LogP contribution in [-0.4, -0.2) is 62.2 Å². The quantitative estimate of drug-likeness (QED) is 0.558. The molecule has 2 atom stereocenters. The minimum atomic E-state index is -3.22. The molecule has 0 bridgehead atoms. The Morgan fingerprint density at radius 1 is 1.18 bits per heavy atom. The lowest BCUT2D eigenvalue weighted by atomic mass is 9.86.